The van der Waals surface area contributed by atoms with E-state index in [1.165, 1.54) is 0 Å². The van der Waals surface area contributed by atoms with Crippen molar-refractivity contribution in [1.29, 1.82) is 0 Å². The highest BCUT2D eigenvalue weighted by molar-refractivity contribution is 5.96. The van der Waals surface area contributed by atoms with Crippen LogP contribution in [0, 0.1) is 13.8 Å². The van der Waals surface area contributed by atoms with E-state index >= 15 is 0 Å². The number of carbonyl (C=O) groups is 1. The molecule has 0 radical (unpaired) electrons. The minimum Gasteiger partial charge on any atom is -0.458 e. The number of aryl methyl sites for hydroxylation is 2. The Bertz CT molecular complexity index is 850. The first kappa shape index (κ1) is 19.1. The summed E-state index contributed by atoms with van der Waals surface area (Å²) in [6.07, 6.45) is -2.74. The van der Waals surface area contributed by atoms with Crippen molar-refractivity contribution in [3.63, 3.8) is 0 Å². The van der Waals surface area contributed by atoms with Crippen LogP contribution in [0.2, 0.25) is 0 Å². The Kier molecular flexibility index (Phi) is 5.07. The SMILES string of the molecule is Cc1nn(C)c(C)c1C(=O)N1CCCC(Oc2nccc(C(F)(F)F)n2)C1. The molecular formula is C17H20F3N5O2. The predicted molar refractivity (Wildman–Crippen MR) is 89.3 cm³/mol. The van der Waals surface area contributed by atoms with Crippen LogP contribution in [0.5, 0.6) is 6.01 Å². The number of halogens is 3. The first-order chi connectivity index (χ1) is 12.7. The van der Waals surface area contributed by atoms with Gasteiger partial charge in [0.15, 0.2) is 5.69 Å². The molecule has 0 saturated carbocycles. The number of hydrogen-bond donors (Lipinski definition) is 0. The van der Waals surface area contributed by atoms with Gasteiger partial charge in [-0.3, -0.25) is 9.48 Å². The maximum Gasteiger partial charge on any atom is 0.433 e. The molecule has 0 aliphatic carbocycles. The second-order valence-corrected chi connectivity index (χ2v) is 6.52. The summed E-state index contributed by atoms with van der Waals surface area (Å²) in [6, 6.07) is 0.454. The lowest BCUT2D eigenvalue weighted by molar-refractivity contribution is -0.141. The molecule has 0 spiro atoms. The fraction of sp³-hybridized carbons (Fsp3) is 0.529. The molecule has 2 aromatic heterocycles. The zero-order valence-corrected chi connectivity index (χ0v) is 15.2. The number of rotatable bonds is 3. The van der Waals surface area contributed by atoms with E-state index in [4.69, 9.17) is 4.74 Å². The Hall–Kier alpha value is -2.65. The summed E-state index contributed by atoms with van der Waals surface area (Å²) in [4.78, 5) is 21.7. The number of piperidine rings is 1. The number of amides is 1. The van der Waals surface area contributed by atoms with Crippen molar-refractivity contribution in [3.05, 3.63) is 34.9 Å². The van der Waals surface area contributed by atoms with Crippen LogP contribution in [0.4, 0.5) is 13.2 Å². The van der Waals surface area contributed by atoms with Gasteiger partial charge in [-0.1, -0.05) is 0 Å². The van der Waals surface area contributed by atoms with Gasteiger partial charge >= 0.3 is 12.2 Å². The number of carbonyl (C=O) groups excluding carboxylic acids is 1. The molecule has 27 heavy (non-hydrogen) atoms. The monoisotopic (exact) mass is 383 g/mol. The van der Waals surface area contributed by atoms with Crippen LogP contribution in [0.3, 0.4) is 0 Å². The average molecular weight is 383 g/mol. The largest absolute Gasteiger partial charge is 0.458 e. The van der Waals surface area contributed by atoms with Crippen molar-refractivity contribution >= 4 is 5.91 Å². The van der Waals surface area contributed by atoms with E-state index in [-0.39, 0.29) is 18.5 Å². The van der Waals surface area contributed by atoms with Crippen LogP contribution in [-0.2, 0) is 13.2 Å². The number of hydrogen-bond acceptors (Lipinski definition) is 5. The molecule has 2 aromatic rings. The lowest BCUT2D eigenvalue weighted by atomic mass is 10.1. The number of ether oxygens (including phenoxy) is 1. The molecule has 0 bridgehead atoms. The molecule has 1 unspecified atom stereocenters. The summed E-state index contributed by atoms with van der Waals surface area (Å²) in [6.45, 7) is 4.40. The van der Waals surface area contributed by atoms with E-state index in [0.717, 1.165) is 18.0 Å². The standard InChI is InChI=1S/C17H20F3N5O2/c1-10-14(11(2)24(3)23-10)15(26)25-8-4-5-12(9-25)27-16-21-7-6-13(22-16)17(18,19)20/h6-7,12H,4-5,8-9H2,1-3H3. The fourth-order valence-corrected chi connectivity index (χ4v) is 3.16. The van der Waals surface area contributed by atoms with Crippen LogP contribution in [-0.4, -0.2) is 49.7 Å². The Morgan fingerprint density at radius 2 is 2.07 bits per heavy atom. The molecule has 1 saturated heterocycles. The Morgan fingerprint density at radius 3 is 2.70 bits per heavy atom. The van der Waals surface area contributed by atoms with E-state index in [2.05, 4.69) is 15.1 Å². The predicted octanol–water partition coefficient (Wildman–Crippen LogP) is 2.53. The molecule has 0 N–H and O–H groups in total. The zero-order chi connectivity index (χ0) is 19.8. The van der Waals surface area contributed by atoms with E-state index in [1.807, 2.05) is 6.92 Å². The normalized spacial score (nSPS) is 17.9. The number of likely N-dealkylation sites (tertiary alicyclic amines) is 1. The quantitative estimate of drug-likeness (QED) is 0.814. The molecule has 1 atom stereocenters. The summed E-state index contributed by atoms with van der Waals surface area (Å²) in [5.74, 6) is -0.156. The number of alkyl halides is 3. The smallest absolute Gasteiger partial charge is 0.433 e. The van der Waals surface area contributed by atoms with Gasteiger partial charge < -0.3 is 9.64 Å². The fourth-order valence-electron chi connectivity index (χ4n) is 3.16. The second kappa shape index (κ2) is 7.16. The van der Waals surface area contributed by atoms with Gasteiger partial charge in [-0.2, -0.15) is 23.3 Å². The molecule has 0 aromatic carbocycles. The molecule has 1 aliphatic rings. The van der Waals surface area contributed by atoms with Gasteiger partial charge in [-0.25, -0.2) is 4.98 Å². The topological polar surface area (TPSA) is 73.1 Å². The van der Waals surface area contributed by atoms with Crippen molar-refractivity contribution in [2.24, 2.45) is 7.05 Å². The molecule has 1 fully saturated rings. The summed E-state index contributed by atoms with van der Waals surface area (Å²) in [5, 5.41) is 4.26. The third kappa shape index (κ3) is 4.04. The van der Waals surface area contributed by atoms with Crippen molar-refractivity contribution in [3.8, 4) is 6.01 Å². The van der Waals surface area contributed by atoms with Gasteiger partial charge in [0.25, 0.3) is 5.91 Å². The van der Waals surface area contributed by atoms with Gasteiger partial charge in [0.2, 0.25) is 0 Å². The minimum absolute atomic E-state index is 0.156. The van der Waals surface area contributed by atoms with E-state index in [0.29, 0.717) is 30.6 Å². The van der Waals surface area contributed by atoms with Gasteiger partial charge in [0, 0.05) is 25.5 Å². The van der Waals surface area contributed by atoms with E-state index in [1.54, 1.807) is 23.6 Å². The van der Waals surface area contributed by atoms with Crippen LogP contribution < -0.4 is 4.74 Å². The third-order valence-electron chi connectivity index (χ3n) is 4.58. The summed E-state index contributed by atoms with van der Waals surface area (Å²) in [5.41, 5.74) is 0.900. The molecule has 1 amide bonds. The van der Waals surface area contributed by atoms with Crippen molar-refractivity contribution < 1.29 is 22.7 Å². The summed E-state index contributed by atoms with van der Waals surface area (Å²) < 4.78 is 45.5. The Morgan fingerprint density at radius 1 is 1.33 bits per heavy atom. The van der Waals surface area contributed by atoms with Crippen molar-refractivity contribution in [2.45, 2.75) is 39.0 Å². The molecule has 3 rings (SSSR count). The van der Waals surface area contributed by atoms with Crippen LogP contribution in [0.15, 0.2) is 12.3 Å². The van der Waals surface area contributed by atoms with Crippen LogP contribution in [0.25, 0.3) is 0 Å². The number of nitrogens with zero attached hydrogens (tertiary/aromatic N) is 5. The highest BCUT2D eigenvalue weighted by Gasteiger charge is 2.34. The first-order valence-electron chi connectivity index (χ1n) is 8.53. The van der Waals surface area contributed by atoms with Crippen molar-refractivity contribution in [2.75, 3.05) is 13.1 Å². The van der Waals surface area contributed by atoms with Gasteiger partial charge in [0.1, 0.15) is 6.10 Å². The molecule has 3 heterocycles. The molecule has 146 valence electrons. The van der Waals surface area contributed by atoms with Crippen molar-refractivity contribution in [1.82, 2.24) is 24.6 Å². The number of aromatic nitrogens is 4. The highest BCUT2D eigenvalue weighted by atomic mass is 19.4. The lowest BCUT2D eigenvalue weighted by Gasteiger charge is -2.32. The molecular weight excluding hydrogens is 363 g/mol. The maximum absolute atomic E-state index is 12.9. The third-order valence-corrected chi connectivity index (χ3v) is 4.58. The molecule has 1 aliphatic heterocycles. The van der Waals surface area contributed by atoms with E-state index in [9.17, 15) is 18.0 Å². The lowest BCUT2D eigenvalue weighted by Crippen LogP contribution is -2.44. The van der Waals surface area contributed by atoms with Crippen LogP contribution in [0.1, 0.15) is 40.3 Å². The molecule has 7 nitrogen and oxygen atoms in total. The summed E-state index contributed by atoms with van der Waals surface area (Å²) in [7, 11) is 1.77. The Balaban J connectivity index is 1.72. The van der Waals surface area contributed by atoms with Crippen LogP contribution >= 0.6 is 0 Å². The minimum atomic E-state index is -4.56. The summed E-state index contributed by atoms with van der Waals surface area (Å²) >= 11 is 0. The average Bonchev–Trinajstić information content (AvgIpc) is 2.86. The maximum atomic E-state index is 12.9. The first-order valence-corrected chi connectivity index (χ1v) is 8.53. The second-order valence-electron chi connectivity index (χ2n) is 6.52. The highest BCUT2D eigenvalue weighted by Crippen LogP contribution is 2.28. The Labute approximate surface area is 154 Å². The van der Waals surface area contributed by atoms with E-state index < -0.39 is 18.0 Å². The van der Waals surface area contributed by atoms with Gasteiger partial charge in [0.05, 0.1) is 17.8 Å². The zero-order valence-electron chi connectivity index (χ0n) is 15.2. The molecule has 10 heteroatoms. The van der Waals surface area contributed by atoms with Gasteiger partial charge in [-0.05, 0) is 32.8 Å². The van der Waals surface area contributed by atoms with Gasteiger partial charge in [-0.15, -0.1) is 0 Å².